The lowest BCUT2D eigenvalue weighted by molar-refractivity contribution is 0.294. The number of nitrogens with two attached hydrogens (primary N) is 1. The average molecular weight is 288 g/mol. The summed E-state index contributed by atoms with van der Waals surface area (Å²) in [5, 5.41) is 0. The largest absolute Gasteiger partial charge is 0.497 e. The molecule has 2 aromatic rings. The summed E-state index contributed by atoms with van der Waals surface area (Å²) in [5.41, 5.74) is 7.48. The van der Waals surface area contributed by atoms with Crippen molar-refractivity contribution in [1.29, 1.82) is 0 Å². The molecule has 0 aliphatic carbocycles. The predicted octanol–water partition coefficient (Wildman–Crippen LogP) is 2.18. The highest BCUT2D eigenvalue weighted by molar-refractivity contribution is 5.40. The Morgan fingerprint density at radius 1 is 1.10 bits per heavy atom. The first-order chi connectivity index (χ1) is 10.3. The molecule has 0 saturated heterocycles. The summed E-state index contributed by atoms with van der Waals surface area (Å²) < 4.78 is 16.2. The second-order valence-electron chi connectivity index (χ2n) is 4.47. The van der Waals surface area contributed by atoms with Crippen LogP contribution in [0.4, 0.5) is 0 Å². The molecule has 0 radical (unpaired) electrons. The van der Waals surface area contributed by atoms with Crippen LogP contribution in [0.2, 0.25) is 0 Å². The summed E-state index contributed by atoms with van der Waals surface area (Å²) in [7, 11) is 3.23. The molecule has 2 N–H and O–H groups in total. The maximum Gasteiger partial charge on any atom is 0.213 e. The molecule has 1 aromatic heterocycles. The third-order valence-corrected chi connectivity index (χ3v) is 3.05. The lowest BCUT2D eigenvalue weighted by Crippen LogP contribution is -2.06. The number of rotatable bonds is 7. The molecule has 0 aliphatic rings. The second-order valence-corrected chi connectivity index (χ2v) is 4.47. The average Bonchev–Trinajstić information content (AvgIpc) is 2.54. The van der Waals surface area contributed by atoms with Crippen LogP contribution in [0.1, 0.15) is 11.3 Å². The molecule has 5 nitrogen and oxygen atoms in total. The van der Waals surface area contributed by atoms with Crippen molar-refractivity contribution < 1.29 is 14.2 Å². The van der Waals surface area contributed by atoms with Crippen LogP contribution in [0.3, 0.4) is 0 Å². The zero-order valence-corrected chi connectivity index (χ0v) is 12.3. The molecule has 0 aliphatic heterocycles. The Balaban J connectivity index is 2.11. The van der Waals surface area contributed by atoms with Gasteiger partial charge < -0.3 is 19.9 Å². The van der Waals surface area contributed by atoms with Crippen LogP contribution < -0.4 is 19.9 Å². The van der Waals surface area contributed by atoms with Crippen molar-refractivity contribution in [3.63, 3.8) is 0 Å². The van der Waals surface area contributed by atoms with E-state index in [9.17, 15) is 0 Å². The van der Waals surface area contributed by atoms with Crippen LogP contribution in [-0.4, -0.2) is 25.7 Å². The molecule has 1 aromatic carbocycles. The van der Waals surface area contributed by atoms with Gasteiger partial charge in [-0.25, -0.2) is 4.98 Å². The van der Waals surface area contributed by atoms with Crippen molar-refractivity contribution in [3.8, 4) is 17.4 Å². The Hall–Kier alpha value is -2.27. The zero-order valence-electron chi connectivity index (χ0n) is 12.3. The van der Waals surface area contributed by atoms with Gasteiger partial charge in [-0.1, -0.05) is 6.07 Å². The van der Waals surface area contributed by atoms with E-state index < -0.39 is 0 Å². The minimum absolute atomic E-state index is 0.376. The zero-order chi connectivity index (χ0) is 15.1. The van der Waals surface area contributed by atoms with Crippen molar-refractivity contribution in [2.45, 2.75) is 13.0 Å². The molecule has 0 bridgehead atoms. The number of aromatic nitrogens is 1. The van der Waals surface area contributed by atoms with Gasteiger partial charge in [0.15, 0.2) is 0 Å². The number of pyridine rings is 1. The predicted molar refractivity (Wildman–Crippen MR) is 80.9 cm³/mol. The van der Waals surface area contributed by atoms with Crippen molar-refractivity contribution >= 4 is 0 Å². The maximum absolute atomic E-state index is 5.85. The van der Waals surface area contributed by atoms with E-state index in [2.05, 4.69) is 4.98 Å². The van der Waals surface area contributed by atoms with Gasteiger partial charge in [-0.3, -0.25) is 0 Å². The molecule has 0 amide bonds. The van der Waals surface area contributed by atoms with E-state index in [4.69, 9.17) is 19.9 Å². The Morgan fingerprint density at radius 3 is 2.67 bits per heavy atom. The summed E-state index contributed by atoms with van der Waals surface area (Å²) >= 11 is 0. The number of hydrogen-bond acceptors (Lipinski definition) is 5. The van der Waals surface area contributed by atoms with Gasteiger partial charge in [-0.15, -0.1) is 0 Å². The van der Waals surface area contributed by atoms with E-state index in [1.165, 1.54) is 0 Å². The van der Waals surface area contributed by atoms with E-state index in [1.807, 2.05) is 30.3 Å². The SMILES string of the molecule is COc1ccc(OCc2cccc(OC)n2)c(CCN)c1. The lowest BCUT2D eigenvalue weighted by atomic mass is 10.1. The van der Waals surface area contributed by atoms with Crippen molar-refractivity contribution in [2.75, 3.05) is 20.8 Å². The molecule has 21 heavy (non-hydrogen) atoms. The molecule has 2 rings (SSSR count). The highest BCUT2D eigenvalue weighted by Gasteiger charge is 2.06. The first-order valence-electron chi connectivity index (χ1n) is 6.76. The van der Waals surface area contributed by atoms with E-state index in [-0.39, 0.29) is 0 Å². The normalized spacial score (nSPS) is 10.2. The van der Waals surface area contributed by atoms with Gasteiger partial charge in [0.25, 0.3) is 0 Å². The third-order valence-electron chi connectivity index (χ3n) is 3.05. The van der Waals surface area contributed by atoms with Crippen LogP contribution >= 0.6 is 0 Å². The van der Waals surface area contributed by atoms with Crippen molar-refractivity contribution in [1.82, 2.24) is 4.98 Å². The number of ether oxygens (including phenoxy) is 3. The highest BCUT2D eigenvalue weighted by Crippen LogP contribution is 2.25. The van der Waals surface area contributed by atoms with Crippen LogP contribution in [-0.2, 0) is 13.0 Å². The number of hydrogen-bond donors (Lipinski definition) is 1. The van der Waals surface area contributed by atoms with Crippen LogP contribution in [0.25, 0.3) is 0 Å². The summed E-state index contributed by atoms with van der Waals surface area (Å²) in [5.74, 6) is 2.17. The number of methoxy groups -OCH3 is 2. The van der Waals surface area contributed by atoms with E-state index >= 15 is 0 Å². The fraction of sp³-hybridized carbons (Fsp3) is 0.312. The maximum atomic E-state index is 5.85. The van der Waals surface area contributed by atoms with E-state index in [0.29, 0.717) is 19.0 Å². The van der Waals surface area contributed by atoms with Gasteiger partial charge in [0.1, 0.15) is 18.1 Å². The monoisotopic (exact) mass is 288 g/mol. The van der Waals surface area contributed by atoms with Gasteiger partial charge in [-0.2, -0.15) is 0 Å². The first kappa shape index (κ1) is 15.1. The fourth-order valence-corrected chi connectivity index (χ4v) is 1.98. The topological polar surface area (TPSA) is 66.6 Å². The van der Waals surface area contributed by atoms with Crippen LogP contribution in [0.15, 0.2) is 36.4 Å². The number of nitrogens with zero attached hydrogens (tertiary/aromatic N) is 1. The second kappa shape index (κ2) is 7.50. The molecular formula is C16H20N2O3. The summed E-state index contributed by atoms with van der Waals surface area (Å²) in [6.45, 7) is 0.933. The molecule has 0 unspecified atom stereocenters. The molecule has 0 saturated carbocycles. The van der Waals surface area contributed by atoms with Gasteiger partial charge in [0.2, 0.25) is 5.88 Å². The standard InChI is InChI=1S/C16H20N2O3/c1-19-14-6-7-15(12(10-14)8-9-17)21-11-13-4-3-5-16(18-13)20-2/h3-7,10H,8-9,11,17H2,1-2H3. The Morgan fingerprint density at radius 2 is 1.95 bits per heavy atom. The fourth-order valence-electron chi connectivity index (χ4n) is 1.98. The summed E-state index contributed by atoms with van der Waals surface area (Å²) in [6, 6.07) is 11.3. The Labute approximate surface area is 124 Å². The van der Waals surface area contributed by atoms with E-state index in [1.54, 1.807) is 20.3 Å². The third kappa shape index (κ3) is 4.10. The molecule has 112 valence electrons. The van der Waals surface area contributed by atoms with Crippen LogP contribution in [0.5, 0.6) is 17.4 Å². The van der Waals surface area contributed by atoms with Crippen molar-refractivity contribution in [2.24, 2.45) is 5.73 Å². The quantitative estimate of drug-likeness (QED) is 0.846. The smallest absolute Gasteiger partial charge is 0.213 e. The van der Waals surface area contributed by atoms with E-state index in [0.717, 1.165) is 29.2 Å². The Bertz CT molecular complexity index is 587. The van der Waals surface area contributed by atoms with Gasteiger partial charge >= 0.3 is 0 Å². The molecule has 5 heteroatoms. The molecule has 0 atom stereocenters. The number of benzene rings is 1. The first-order valence-corrected chi connectivity index (χ1v) is 6.76. The van der Waals surface area contributed by atoms with Crippen LogP contribution in [0, 0.1) is 0 Å². The lowest BCUT2D eigenvalue weighted by Gasteiger charge is -2.12. The summed E-state index contributed by atoms with van der Waals surface area (Å²) in [4.78, 5) is 4.32. The summed E-state index contributed by atoms with van der Waals surface area (Å²) in [6.07, 6.45) is 0.734. The minimum atomic E-state index is 0.376. The van der Waals surface area contributed by atoms with Gasteiger partial charge in [-0.05, 0) is 42.8 Å². The van der Waals surface area contributed by atoms with Gasteiger partial charge in [0, 0.05) is 6.07 Å². The van der Waals surface area contributed by atoms with Gasteiger partial charge in [0.05, 0.1) is 19.9 Å². The molecular weight excluding hydrogens is 268 g/mol. The highest BCUT2D eigenvalue weighted by atomic mass is 16.5. The molecule has 1 heterocycles. The van der Waals surface area contributed by atoms with Crippen molar-refractivity contribution in [3.05, 3.63) is 47.7 Å². The Kier molecular flexibility index (Phi) is 5.40. The molecule has 0 spiro atoms. The minimum Gasteiger partial charge on any atom is -0.497 e. The molecule has 0 fully saturated rings.